The minimum atomic E-state index is -4.37. The van der Waals surface area contributed by atoms with E-state index in [4.69, 9.17) is 0 Å². The van der Waals surface area contributed by atoms with Gasteiger partial charge in [0.15, 0.2) is 0 Å². The third-order valence-electron chi connectivity index (χ3n) is 4.61. The number of fused-ring (bicyclic) bond motifs is 1. The second kappa shape index (κ2) is 6.07. The van der Waals surface area contributed by atoms with E-state index in [2.05, 4.69) is 15.8 Å². The fourth-order valence-corrected chi connectivity index (χ4v) is 3.28. The highest BCUT2D eigenvalue weighted by Crippen LogP contribution is 2.30. The summed E-state index contributed by atoms with van der Waals surface area (Å²) in [7, 11) is 1.02. The molecule has 3 rings (SSSR count). The van der Waals surface area contributed by atoms with Crippen LogP contribution in [0.1, 0.15) is 29.7 Å². The van der Waals surface area contributed by atoms with Crippen molar-refractivity contribution < 1.29 is 13.2 Å². The van der Waals surface area contributed by atoms with Gasteiger partial charge in [0, 0.05) is 43.0 Å². The quantitative estimate of drug-likeness (QED) is 0.769. The topological polar surface area (TPSA) is 11.4 Å². The summed E-state index contributed by atoms with van der Waals surface area (Å²) in [6, 6.07) is 6.10. The SMILES string of the molecule is Cc1ccc2c(/C=C\N(C)C(F)(F)F)c(C)n(N3CCCC3)c2c1. The Morgan fingerprint density at radius 3 is 2.42 bits per heavy atom. The molecule has 1 aliphatic rings. The van der Waals surface area contributed by atoms with E-state index in [0.717, 1.165) is 66.9 Å². The first kappa shape index (κ1) is 16.7. The monoisotopic (exact) mass is 337 g/mol. The van der Waals surface area contributed by atoms with Crippen LogP contribution in [0.3, 0.4) is 0 Å². The van der Waals surface area contributed by atoms with E-state index in [1.54, 1.807) is 6.08 Å². The van der Waals surface area contributed by atoms with Crippen molar-refractivity contribution >= 4 is 17.0 Å². The summed E-state index contributed by atoms with van der Waals surface area (Å²) in [6.07, 6.45) is 0.581. The lowest BCUT2D eigenvalue weighted by Crippen LogP contribution is -2.31. The van der Waals surface area contributed by atoms with Gasteiger partial charge in [-0.3, -0.25) is 9.58 Å². The third kappa shape index (κ3) is 2.97. The van der Waals surface area contributed by atoms with E-state index < -0.39 is 6.30 Å². The van der Waals surface area contributed by atoms with Crippen LogP contribution in [-0.4, -0.2) is 36.0 Å². The molecule has 24 heavy (non-hydrogen) atoms. The van der Waals surface area contributed by atoms with Gasteiger partial charge in [0.2, 0.25) is 0 Å². The summed E-state index contributed by atoms with van der Waals surface area (Å²) < 4.78 is 40.4. The number of hydrogen-bond donors (Lipinski definition) is 0. The molecule has 1 aliphatic heterocycles. The largest absolute Gasteiger partial charge is 0.484 e. The van der Waals surface area contributed by atoms with Gasteiger partial charge >= 0.3 is 6.30 Å². The van der Waals surface area contributed by atoms with E-state index in [9.17, 15) is 13.2 Å². The van der Waals surface area contributed by atoms with Gasteiger partial charge in [-0.2, -0.15) is 13.2 Å². The van der Waals surface area contributed by atoms with Crippen molar-refractivity contribution in [2.75, 3.05) is 25.1 Å². The Hall–Kier alpha value is -2.11. The van der Waals surface area contributed by atoms with Gasteiger partial charge in [0.05, 0.1) is 5.52 Å². The number of benzene rings is 1. The zero-order valence-electron chi connectivity index (χ0n) is 14.2. The maximum absolute atomic E-state index is 12.7. The zero-order chi connectivity index (χ0) is 17.5. The molecular weight excluding hydrogens is 315 g/mol. The molecule has 0 N–H and O–H groups in total. The highest BCUT2D eigenvalue weighted by atomic mass is 19.4. The molecule has 0 unspecified atom stereocenters. The van der Waals surface area contributed by atoms with Crippen LogP contribution >= 0.6 is 0 Å². The summed E-state index contributed by atoms with van der Waals surface area (Å²) >= 11 is 0. The molecule has 0 amide bonds. The lowest BCUT2D eigenvalue weighted by Gasteiger charge is -2.23. The van der Waals surface area contributed by atoms with Crippen molar-refractivity contribution in [3.8, 4) is 0 Å². The van der Waals surface area contributed by atoms with Crippen LogP contribution in [-0.2, 0) is 0 Å². The zero-order valence-corrected chi connectivity index (χ0v) is 14.2. The Kier molecular flexibility index (Phi) is 4.24. The molecule has 0 radical (unpaired) electrons. The summed E-state index contributed by atoms with van der Waals surface area (Å²) in [5, 5.41) is 3.26. The summed E-state index contributed by atoms with van der Waals surface area (Å²) in [6.45, 7) is 5.96. The average molecular weight is 337 g/mol. The van der Waals surface area contributed by atoms with Crippen molar-refractivity contribution in [2.24, 2.45) is 0 Å². The van der Waals surface area contributed by atoms with Crippen LogP contribution < -0.4 is 5.01 Å². The minimum Gasteiger partial charge on any atom is -0.313 e. The van der Waals surface area contributed by atoms with Gasteiger partial charge in [0.25, 0.3) is 0 Å². The van der Waals surface area contributed by atoms with Crippen molar-refractivity contribution in [1.82, 2.24) is 9.58 Å². The second-order valence-corrected chi connectivity index (χ2v) is 6.39. The molecule has 2 heterocycles. The van der Waals surface area contributed by atoms with Crippen LogP contribution in [0.2, 0.25) is 0 Å². The summed E-state index contributed by atoms with van der Waals surface area (Å²) in [5.41, 5.74) is 4.02. The third-order valence-corrected chi connectivity index (χ3v) is 4.61. The Morgan fingerprint density at radius 2 is 1.79 bits per heavy atom. The molecule has 0 aliphatic carbocycles. The minimum absolute atomic E-state index is 0.277. The molecule has 0 saturated carbocycles. The molecule has 1 fully saturated rings. The van der Waals surface area contributed by atoms with Gasteiger partial charge in [0.1, 0.15) is 0 Å². The molecule has 0 bridgehead atoms. The molecule has 1 aromatic heterocycles. The Bertz CT molecular complexity index is 768. The smallest absolute Gasteiger partial charge is 0.313 e. The predicted molar refractivity (Wildman–Crippen MR) is 91.4 cm³/mol. The highest BCUT2D eigenvalue weighted by Gasteiger charge is 2.31. The Labute approximate surface area is 139 Å². The second-order valence-electron chi connectivity index (χ2n) is 6.39. The number of rotatable bonds is 3. The molecule has 2 aromatic rings. The van der Waals surface area contributed by atoms with Crippen LogP contribution in [0, 0.1) is 13.8 Å². The molecule has 1 aromatic carbocycles. The number of aryl methyl sites for hydroxylation is 1. The van der Waals surface area contributed by atoms with Crippen molar-refractivity contribution in [3.05, 3.63) is 41.2 Å². The first-order chi connectivity index (χ1) is 11.3. The average Bonchev–Trinajstić information content (AvgIpc) is 3.09. The van der Waals surface area contributed by atoms with Crippen molar-refractivity contribution in [1.29, 1.82) is 0 Å². The number of halogens is 3. The number of alkyl halides is 3. The van der Waals surface area contributed by atoms with Gasteiger partial charge in [-0.25, -0.2) is 0 Å². The van der Waals surface area contributed by atoms with Gasteiger partial charge < -0.3 is 5.01 Å². The normalized spacial score (nSPS) is 15.8. The fraction of sp³-hybridized carbons (Fsp3) is 0.444. The van der Waals surface area contributed by atoms with Crippen LogP contribution in [0.4, 0.5) is 13.2 Å². The number of hydrogen-bond acceptors (Lipinski definition) is 2. The molecule has 6 heteroatoms. The molecule has 3 nitrogen and oxygen atoms in total. The van der Waals surface area contributed by atoms with E-state index in [0.29, 0.717) is 0 Å². The highest BCUT2D eigenvalue weighted by molar-refractivity contribution is 5.92. The van der Waals surface area contributed by atoms with Crippen LogP contribution in [0.15, 0.2) is 24.4 Å². The predicted octanol–water partition coefficient (Wildman–Crippen LogP) is 4.41. The maximum atomic E-state index is 12.7. The standard InChI is InChI=1S/C18H22F3N3/c1-13-6-7-16-15(8-11-22(3)18(19,20)21)14(2)24(17(16)12-13)23-9-4-5-10-23/h6-8,11-12H,4-5,9-10H2,1-3H3/b11-8-. The summed E-state index contributed by atoms with van der Waals surface area (Å²) in [4.78, 5) is 0.277. The van der Waals surface area contributed by atoms with E-state index in [-0.39, 0.29) is 4.90 Å². The van der Waals surface area contributed by atoms with Crippen LogP contribution in [0.25, 0.3) is 17.0 Å². The lowest BCUT2D eigenvalue weighted by atomic mass is 10.1. The van der Waals surface area contributed by atoms with E-state index in [1.807, 2.05) is 26.0 Å². The van der Waals surface area contributed by atoms with Crippen molar-refractivity contribution in [3.63, 3.8) is 0 Å². The number of aromatic nitrogens is 1. The fourth-order valence-electron chi connectivity index (χ4n) is 3.28. The van der Waals surface area contributed by atoms with Crippen LogP contribution in [0.5, 0.6) is 0 Å². The van der Waals surface area contributed by atoms with Gasteiger partial charge in [-0.15, -0.1) is 0 Å². The first-order valence-corrected chi connectivity index (χ1v) is 8.14. The Balaban J connectivity index is 2.11. The molecule has 130 valence electrons. The van der Waals surface area contributed by atoms with Crippen molar-refractivity contribution in [2.45, 2.75) is 33.0 Å². The summed E-state index contributed by atoms with van der Waals surface area (Å²) in [5.74, 6) is 0. The van der Waals surface area contributed by atoms with Gasteiger partial charge in [-0.05, 0) is 44.4 Å². The molecule has 1 saturated heterocycles. The Morgan fingerprint density at radius 1 is 1.12 bits per heavy atom. The van der Waals surface area contributed by atoms with E-state index >= 15 is 0 Å². The number of nitrogens with zero attached hydrogens (tertiary/aromatic N) is 3. The van der Waals surface area contributed by atoms with E-state index in [1.165, 1.54) is 0 Å². The maximum Gasteiger partial charge on any atom is 0.484 e. The van der Waals surface area contributed by atoms with Gasteiger partial charge in [-0.1, -0.05) is 12.1 Å². The first-order valence-electron chi connectivity index (χ1n) is 8.14. The lowest BCUT2D eigenvalue weighted by molar-refractivity contribution is -0.218. The molecular formula is C18H22F3N3. The molecule has 0 spiro atoms. The molecule has 0 atom stereocenters.